The molecule has 2 amide bonds. The fraction of sp³-hybridized carbons (Fsp3) is 0.767. The van der Waals surface area contributed by atoms with Crippen LogP contribution in [0.5, 0.6) is 0 Å². The average molecular weight is 533 g/mol. The van der Waals surface area contributed by atoms with Crippen LogP contribution in [0.25, 0.3) is 0 Å². The van der Waals surface area contributed by atoms with Gasteiger partial charge in [0, 0.05) is 12.6 Å². The first-order chi connectivity index (χ1) is 18.2. The summed E-state index contributed by atoms with van der Waals surface area (Å²) in [5.41, 5.74) is -1.10. The van der Waals surface area contributed by atoms with Crippen LogP contribution in [0.1, 0.15) is 79.1 Å². The maximum absolute atomic E-state index is 14.4. The zero-order valence-electron chi connectivity index (χ0n) is 23.8. The number of allylic oxidation sites excluding steroid dienone is 1. The van der Waals surface area contributed by atoms with E-state index in [1.807, 2.05) is 26.8 Å². The second-order valence-corrected chi connectivity index (χ2v) is 11.3. The van der Waals surface area contributed by atoms with Gasteiger partial charge in [-0.1, -0.05) is 45.8 Å². The van der Waals surface area contributed by atoms with Crippen LogP contribution in [-0.4, -0.2) is 82.3 Å². The second-order valence-electron chi connectivity index (χ2n) is 11.3. The summed E-state index contributed by atoms with van der Waals surface area (Å²) >= 11 is 0. The molecule has 3 heterocycles. The molecule has 1 spiro atoms. The van der Waals surface area contributed by atoms with Crippen molar-refractivity contribution in [2.24, 2.45) is 17.8 Å². The molecule has 3 saturated heterocycles. The largest absolute Gasteiger partial charge is 0.465 e. The Balaban J connectivity index is 2.00. The predicted molar refractivity (Wildman–Crippen MR) is 146 cm³/mol. The highest BCUT2D eigenvalue weighted by atomic mass is 16.6. The summed E-state index contributed by atoms with van der Waals surface area (Å²) in [5.74, 6) is -2.47. The van der Waals surface area contributed by atoms with Gasteiger partial charge >= 0.3 is 5.97 Å². The van der Waals surface area contributed by atoms with Gasteiger partial charge in [-0.2, -0.15) is 0 Å². The summed E-state index contributed by atoms with van der Waals surface area (Å²) in [5, 5.41) is 10.5. The monoisotopic (exact) mass is 532 g/mol. The van der Waals surface area contributed by atoms with E-state index in [0.29, 0.717) is 19.4 Å². The van der Waals surface area contributed by atoms with Crippen LogP contribution in [-0.2, 0) is 23.9 Å². The van der Waals surface area contributed by atoms with Crippen LogP contribution in [0, 0.1) is 17.8 Å². The number of carbonyl (C=O) groups excluding carboxylic acids is 3. The highest BCUT2D eigenvalue weighted by Crippen LogP contribution is 2.59. The molecule has 3 unspecified atom stereocenters. The van der Waals surface area contributed by atoms with Crippen LogP contribution in [0.4, 0.5) is 0 Å². The lowest BCUT2D eigenvalue weighted by Crippen LogP contribution is -2.60. The number of esters is 1. The van der Waals surface area contributed by atoms with Crippen LogP contribution >= 0.6 is 0 Å². The maximum Gasteiger partial charge on any atom is 0.312 e. The molecule has 8 heteroatoms. The van der Waals surface area contributed by atoms with E-state index in [4.69, 9.17) is 9.47 Å². The molecule has 1 N–H and O–H groups in total. The summed E-state index contributed by atoms with van der Waals surface area (Å²) < 4.78 is 12.2. The third-order valence-electron chi connectivity index (χ3n) is 8.98. The lowest BCUT2D eigenvalue weighted by Gasteiger charge is -2.42. The SMILES string of the molecule is C=CCCCCOC(=O)[C@@H]1[C@H]2C(=O)N([C@@H](CO)[C@@H](C)CC)C(C(=O)N(CC=C)C(C)CCC)C23CC[C@H]1O3. The van der Waals surface area contributed by atoms with Gasteiger partial charge in [0.05, 0.1) is 37.2 Å². The normalized spacial score (nSPS) is 30.0. The molecule has 8 nitrogen and oxygen atoms in total. The smallest absolute Gasteiger partial charge is 0.312 e. The molecule has 3 aliphatic rings. The number of aliphatic hydroxyl groups excluding tert-OH is 1. The molecule has 3 aliphatic heterocycles. The van der Waals surface area contributed by atoms with Crippen molar-refractivity contribution in [1.82, 2.24) is 9.80 Å². The van der Waals surface area contributed by atoms with E-state index in [1.165, 1.54) is 0 Å². The average Bonchev–Trinajstić information content (AvgIpc) is 3.55. The molecule has 38 heavy (non-hydrogen) atoms. The number of amides is 2. The lowest BCUT2D eigenvalue weighted by molar-refractivity contribution is -0.157. The summed E-state index contributed by atoms with van der Waals surface area (Å²) in [6.45, 7) is 16.0. The molecule has 8 atom stereocenters. The first kappa shape index (κ1) is 30.4. The van der Waals surface area contributed by atoms with E-state index in [-0.39, 0.29) is 37.0 Å². The quantitative estimate of drug-likeness (QED) is 0.184. The molecule has 0 aliphatic carbocycles. The van der Waals surface area contributed by atoms with Crippen molar-refractivity contribution in [3.05, 3.63) is 25.3 Å². The van der Waals surface area contributed by atoms with Gasteiger partial charge in [0.15, 0.2) is 0 Å². The molecule has 3 fully saturated rings. The number of hydrogen-bond acceptors (Lipinski definition) is 6. The molecule has 0 aromatic heterocycles. The number of ether oxygens (including phenoxy) is 2. The van der Waals surface area contributed by atoms with Gasteiger partial charge in [0.25, 0.3) is 0 Å². The summed E-state index contributed by atoms with van der Waals surface area (Å²) in [6.07, 6.45) is 9.12. The zero-order valence-corrected chi connectivity index (χ0v) is 23.8. The molecule has 2 bridgehead atoms. The van der Waals surface area contributed by atoms with Gasteiger partial charge in [-0.05, 0) is 51.4 Å². The Morgan fingerprint density at radius 1 is 1.26 bits per heavy atom. The summed E-state index contributed by atoms with van der Waals surface area (Å²) in [4.78, 5) is 45.4. The Morgan fingerprint density at radius 3 is 2.61 bits per heavy atom. The minimum absolute atomic E-state index is 0.0390. The Morgan fingerprint density at radius 2 is 2.00 bits per heavy atom. The first-order valence-electron chi connectivity index (χ1n) is 14.5. The van der Waals surface area contributed by atoms with Crippen LogP contribution in [0.3, 0.4) is 0 Å². The molecular weight excluding hydrogens is 484 g/mol. The number of carbonyl (C=O) groups is 3. The minimum atomic E-state index is -1.10. The number of likely N-dealkylation sites (tertiary alicyclic amines) is 1. The van der Waals surface area contributed by atoms with Gasteiger partial charge in [-0.25, -0.2) is 0 Å². The molecule has 0 aromatic carbocycles. The Hall–Kier alpha value is -2.19. The number of aliphatic hydroxyl groups is 1. The summed E-state index contributed by atoms with van der Waals surface area (Å²) in [7, 11) is 0. The highest BCUT2D eigenvalue weighted by Gasteiger charge is 2.75. The van der Waals surface area contributed by atoms with Crippen molar-refractivity contribution in [3.63, 3.8) is 0 Å². The van der Waals surface area contributed by atoms with Gasteiger partial charge in [0.2, 0.25) is 11.8 Å². The van der Waals surface area contributed by atoms with E-state index in [9.17, 15) is 19.5 Å². The fourth-order valence-electron chi connectivity index (χ4n) is 6.83. The molecule has 0 aromatic rings. The molecular formula is C30H48N2O6. The molecule has 0 radical (unpaired) electrons. The number of hydrogen-bond donors (Lipinski definition) is 1. The highest BCUT2D eigenvalue weighted by molar-refractivity contribution is 5.98. The fourth-order valence-corrected chi connectivity index (χ4v) is 6.83. The number of unbranched alkanes of at least 4 members (excludes halogenated alkanes) is 2. The maximum atomic E-state index is 14.4. The first-order valence-corrected chi connectivity index (χ1v) is 14.5. The van der Waals surface area contributed by atoms with Crippen molar-refractivity contribution < 1.29 is 29.0 Å². The summed E-state index contributed by atoms with van der Waals surface area (Å²) in [6, 6.07) is -1.50. The van der Waals surface area contributed by atoms with E-state index in [1.54, 1.807) is 15.9 Å². The Bertz CT molecular complexity index is 877. The third-order valence-corrected chi connectivity index (χ3v) is 8.98. The van der Waals surface area contributed by atoms with E-state index >= 15 is 0 Å². The van der Waals surface area contributed by atoms with Gasteiger partial charge in [0.1, 0.15) is 11.6 Å². The van der Waals surface area contributed by atoms with Crippen molar-refractivity contribution in [3.8, 4) is 0 Å². The molecule has 214 valence electrons. The Labute approximate surface area is 228 Å². The number of nitrogens with zero attached hydrogens (tertiary/aromatic N) is 2. The number of fused-ring (bicyclic) bond motifs is 1. The van der Waals surface area contributed by atoms with Crippen LogP contribution in [0.15, 0.2) is 25.3 Å². The van der Waals surface area contributed by atoms with Gasteiger partial charge in [-0.3, -0.25) is 14.4 Å². The van der Waals surface area contributed by atoms with E-state index < -0.39 is 41.6 Å². The van der Waals surface area contributed by atoms with Crippen LogP contribution < -0.4 is 0 Å². The van der Waals surface area contributed by atoms with E-state index in [0.717, 1.165) is 38.5 Å². The molecule has 3 rings (SSSR count). The topological polar surface area (TPSA) is 96.4 Å². The lowest BCUT2D eigenvalue weighted by atomic mass is 9.70. The predicted octanol–water partition coefficient (Wildman–Crippen LogP) is 3.87. The Kier molecular flexibility index (Phi) is 10.6. The number of rotatable bonds is 16. The minimum Gasteiger partial charge on any atom is -0.465 e. The van der Waals surface area contributed by atoms with Crippen LogP contribution in [0.2, 0.25) is 0 Å². The van der Waals surface area contributed by atoms with Gasteiger partial charge in [-0.15, -0.1) is 13.2 Å². The zero-order chi connectivity index (χ0) is 28.0. The van der Waals surface area contributed by atoms with Crippen molar-refractivity contribution in [2.45, 2.75) is 109 Å². The van der Waals surface area contributed by atoms with Crippen molar-refractivity contribution in [2.75, 3.05) is 19.8 Å². The van der Waals surface area contributed by atoms with Crippen molar-refractivity contribution >= 4 is 17.8 Å². The third kappa shape index (κ3) is 5.44. The molecule has 0 saturated carbocycles. The van der Waals surface area contributed by atoms with Crippen molar-refractivity contribution in [1.29, 1.82) is 0 Å². The van der Waals surface area contributed by atoms with Gasteiger partial charge < -0.3 is 24.4 Å². The van der Waals surface area contributed by atoms with E-state index in [2.05, 4.69) is 20.1 Å². The second kappa shape index (κ2) is 13.2. The standard InChI is InChI=1S/C30H48N2O6/c1-7-11-12-13-18-37-29(36)24-23-15-16-30(38-23)25(24)27(34)32(22(19-33)20(5)10-4)26(30)28(35)31(17-9-3)21(6)14-8-2/h7,9,20-26,33H,1,3,8,10-19H2,2,4-6H3/t20-,21?,22-,23+,24-,25-,26?,30?/m0/s1.